The van der Waals surface area contributed by atoms with Gasteiger partial charge in [-0.3, -0.25) is 9.69 Å². The first kappa shape index (κ1) is 16.9. The Morgan fingerprint density at radius 1 is 1.36 bits per heavy atom. The van der Waals surface area contributed by atoms with Crippen LogP contribution in [0.1, 0.15) is 19.5 Å². The second-order valence-electron chi connectivity index (χ2n) is 4.88. The molecule has 1 aromatic heterocycles. The minimum absolute atomic E-state index is 0.0471. The zero-order valence-electron chi connectivity index (χ0n) is 12.8. The summed E-state index contributed by atoms with van der Waals surface area (Å²) < 4.78 is 0. The van der Waals surface area contributed by atoms with Crippen molar-refractivity contribution < 1.29 is 4.79 Å². The number of hydrogen-bond donors (Lipinski definition) is 1. The fourth-order valence-electron chi connectivity index (χ4n) is 2.10. The molecule has 4 nitrogen and oxygen atoms in total. The number of nitrogens with zero attached hydrogens (tertiary/aromatic N) is 2. The molecule has 0 atom stereocenters. The van der Waals surface area contributed by atoms with Crippen molar-refractivity contribution in [3.05, 3.63) is 40.4 Å². The van der Waals surface area contributed by atoms with Gasteiger partial charge in [-0.05, 0) is 19.5 Å². The first-order chi connectivity index (χ1) is 10.6. The Morgan fingerprint density at radius 3 is 2.82 bits per heavy atom. The van der Waals surface area contributed by atoms with Crippen LogP contribution in [-0.4, -0.2) is 35.4 Å². The Morgan fingerprint density at radius 2 is 2.14 bits per heavy atom. The SMILES string of the molecule is CCNC(=O)CN(CC)Cc1csc(-c2ccccc2Cl)n1. The molecule has 1 amide bonds. The molecule has 6 heteroatoms. The molecule has 0 bridgehead atoms. The smallest absolute Gasteiger partial charge is 0.234 e. The molecule has 0 aliphatic rings. The van der Waals surface area contributed by atoms with Gasteiger partial charge in [0, 0.05) is 24.0 Å². The van der Waals surface area contributed by atoms with E-state index in [1.54, 1.807) is 11.3 Å². The van der Waals surface area contributed by atoms with Crippen LogP contribution in [0.2, 0.25) is 5.02 Å². The molecule has 0 fully saturated rings. The number of halogens is 1. The minimum atomic E-state index is 0.0471. The molecule has 0 saturated carbocycles. The van der Waals surface area contributed by atoms with E-state index in [9.17, 15) is 4.79 Å². The lowest BCUT2D eigenvalue weighted by molar-refractivity contribution is -0.122. The first-order valence-corrected chi connectivity index (χ1v) is 8.58. The van der Waals surface area contributed by atoms with Crippen molar-refractivity contribution in [1.82, 2.24) is 15.2 Å². The molecule has 0 aliphatic carbocycles. The standard InChI is InChI=1S/C16H20ClN3OS/c1-3-18-15(21)10-20(4-2)9-12-11-22-16(19-12)13-7-5-6-8-14(13)17/h5-8,11H,3-4,9-10H2,1-2H3,(H,18,21). The summed E-state index contributed by atoms with van der Waals surface area (Å²) in [5.41, 5.74) is 1.92. The van der Waals surface area contributed by atoms with Crippen LogP contribution in [0.4, 0.5) is 0 Å². The highest BCUT2D eigenvalue weighted by atomic mass is 35.5. The number of carbonyl (C=O) groups excluding carboxylic acids is 1. The topological polar surface area (TPSA) is 45.2 Å². The second-order valence-corrected chi connectivity index (χ2v) is 6.15. The molecule has 0 saturated heterocycles. The molecule has 22 heavy (non-hydrogen) atoms. The highest BCUT2D eigenvalue weighted by molar-refractivity contribution is 7.13. The van der Waals surface area contributed by atoms with E-state index in [1.807, 2.05) is 43.5 Å². The predicted molar refractivity (Wildman–Crippen MR) is 92.2 cm³/mol. The molecule has 2 aromatic rings. The lowest BCUT2D eigenvalue weighted by Crippen LogP contribution is -2.36. The van der Waals surface area contributed by atoms with Crippen LogP contribution in [0.25, 0.3) is 10.6 Å². The first-order valence-electron chi connectivity index (χ1n) is 7.32. The van der Waals surface area contributed by atoms with Gasteiger partial charge >= 0.3 is 0 Å². The largest absolute Gasteiger partial charge is 0.355 e. The van der Waals surface area contributed by atoms with Crippen LogP contribution in [0.15, 0.2) is 29.6 Å². The number of nitrogens with one attached hydrogen (secondary N) is 1. The number of benzene rings is 1. The van der Waals surface area contributed by atoms with Gasteiger partial charge in [-0.2, -0.15) is 0 Å². The van der Waals surface area contributed by atoms with E-state index in [0.717, 1.165) is 22.8 Å². The lowest BCUT2D eigenvalue weighted by atomic mass is 10.2. The highest BCUT2D eigenvalue weighted by Crippen LogP contribution is 2.30. The van der Waals surface area contributed by atoms with Gasteiger partial charge in [0.15, 0.2) is 0 Å². The van der Waals surface area contributed by atoms with Crippen LogP contribution in [0, 0.1) is 0 Å². The summed E-state index contributed by atoms with van der Waals surface area (Å²) in [5.74, 6) is 0.0471. The van der Waals surface area contributed by atoms with Crippen molar-refractivity contribution >= 4 is 28.8 Å². The lowest BCUT2D eigenvalue weighted by Gasteiger charge is -2.18. The van der Waals surface area contributed by atoms with E-state index in [-0.39, 0.29) is 5.91 Å². The molecule has 0 spiro atoms. The molecule has 0 radical (unpaired) electrons. The number of carbonyl (C=O) groups is 1. The molecule has 1 heterocycles. The van der Waals surface area contributed by atoms with Crippen molar-refractivity contribution in [3.8, 4) is 10.6 Å². The summed E-state index contributed by atoms with van der Waals surface area (Å²) in [4.78, 5) is 18.4. The predicted octanol–water partition coefficient (Wildman–Crippen LogP) is 3.42. The quantitative estimate of drug-likeness (QED) is 0.842. The van der Waals surface area contributed by atoms with Gasteiger partial charge in [-0.15, -0.1) is 11.3 Å². The number of likely N-dealkylation sites (N-methyl/N-ethyl adjacent to an activating group) is 2. The maximum Gasteiger partial charge on any atom is 0.234 e. The monoisotopic (exact) mass is 337 g/mol. The fourth-order valence-corrected chi connectivity index (χ4v) is 3.23. The summed E-state index contributed by atoms with van der Waals surface area (Å²) in [5, 5.41) is 6.46. The average molecular weight is 338 g/mol. The van der Waals surface area contributed by atoms with Crippen LogP contribution in [0.5, 0.6) is 0 Å². The van der Waals surface area contributed by atoms with Crippen LogP contribution < -0.4 is 5.32 Å². The molecular formula is C16H20ClN3OS. The highest BCUT2D eigenvalue weighted by Gasteiger charge is 2.12. The third kappa shape index (κ3) is 4.53. The van der Waals surface area contributed by atoms with Gasteiger partial charge in [0.1, 0.15) is 5.01 Å². The third-order valence-electron chi connectivity index (χ3n) is 3.23. The van der Waals surface area contributed by atoms with E-state index in [0.29, 0.717) is 24.7 Å². The van der Waals surface area contributed by atoms with E-state index < -0.39 is 0 Å². The summed E-state index contributed by atoms with van der Waals surface area (Å²) in [6.07, 6.45) is 0. The van der Waals surface area contributed by atoms with E-state index >= 15 is 0 Å². The van der Waals surface area contributed by atoms with Gasteiger partial charge in [0.2, 0.25) is 5.91 Å². The van der Waals surface area contributed by atoms with Crippen LogP contribution in [0.3, 0.4) is 0 Å². The van der Waals surface area contributed by atoms with Crippen molar-refractivity contribution in [2.45, 2.75) is 20.4 Å². The summed E-state index contributed by atoms with van der Waals surface area (Å²) in [6, 6.07) is 7.70. The number of thiazole rings is 1. The van der Waals surface area contributed by atoms with Crippen LogP contribution in [-0.2, 0) is 11.3 Å². The Labute approximate surface area is 140 Å². The molecule has 118 valence electrons. The normalized spacial score (nSPS) is 10.9. The maximum atomic E-state index is 11.7. The number of hydrogen-bond acceptors (Lipinski definition) is 4. The molecule has 0 unspecified atom stereocenters. The van der Waals surface area contributed by atoms with Gasteiger partial charge in [0.25, 0.3) is 0 Å². The Bertz CT molecular complexity index is 629. The fraction of sp³-hybridized carbons (Fsp3) is 0.375. The van der Waals surface area contributed by atoms with Crippen molar-refractivity contribution in [2.75, 3.05) is 19.6 Å². The van der Waals surface area contributed by atoms with E-state index in [2.05, 4.69) is 15.2 Å². The molecule has 1 N–H and O–H groups in total. The van der Waals surface area contributed by atoms with Gasteiger partial charge in [-0.1, -0.05) is 36.7 Å². The summed E-state index contributed by atoms with van der Waals surface area (Å²) >= 11 is 7.78. The van der Waals surface area contributed by atoms with Gasteiger partial charge < -0.3 is 5.32 Å². The Balaban J connectivity index is 2.05. The molecule has 0 aliphatic heterocycles. The minimum Gasteiger partial charge on any atom is -0.355 e. The zero-order valence-corrected chi connectivity index (χ0v) is 14.4. The van der Waals surface area contributed by atoms with Gasteiger partial charge in [-0.25, -0.2) is 4.98 Å². The van der Waals surface area contributed by atoms with Gasteiger partial charge in [0.05, 0.1) is 17.3 Å². The third-order valence-corrected chi connectivity index (χ3v) is 4.48. The Hall–Kier alpha value is -1.43. The number of aromatic nitrogens is 1. The Kier molecular flexibility index (Phi) is 6.36. The molecule has 2 rings (SSSR count). The zero-order chi connectivity index (χ0) is 15.9. The van der Waals surface area contributed by atoms with E-state index in [1.165, 1.54) is 0 Å². The van der Waals surface area contributed by atoms with E-state index in [4.69, 9.17) is 11.6 Å². The molecule has 1 aromatic carbocycles. The second kappa shape index (κ2) is 8.27. The molecular weight excluding hydrogens is 318 g/mol. The summed E-state index contributed by atoms with van der Waals surface area (Å²) in [6.45, 7) is 6.47. The summed E-state index contributed by atoms with van der Waals surface area (Å²) in [7, 11) is 0. The number of amides is 1. The average Bonchev–Trinajstić information content (AvgIpc) is 2.95. The van der Waals surface area contributed by atoms with Crippen molar-refractivity contribution in [3.63, 3.8) is 0 Å². The maximum absolute atomic E-state index is 11.7. The van der Waals surface area contributed by atoms with Crippen molar-refractivity contribution in [2.24, 2.45) is 0 Å². The van der Waals surface area contributed by atoms with Crippen molar-refractivity contribution in [1.29, 1.82) is 0 Å². The number of rotatable bonds is 7. The van der Waals surface area contributed by atoms with Crippen LogP contribution >= 0.6 is 22.9 Å².